The summed E-state index contributed by atoms with van der Waals surface area (Å²) in [5.74, 6) is -2.22. The molecule has 12 rings (SSSR count). The first-order valence-electron chi connectivity index (χ1n) is 25.6. The summed E-state index contributed by atoms with van der Waals surface area (Å²) in [6, 6.07) is 12.8. The van der Waals surface area contributed by atoms with Crippen molar-refractivity contribution in [2.24, 2.45) is 11.3 Å². The number of nitrogens with one attached hydrogen (secondary N) is 2. The second-order valence-electron chi connectivity index (χ2n) is 21.3. The minimum absolute atomic E-state index is 0.0451. The van der Waals surface area contributed by atoms with Crippen LogP contribution in [0.5, 0.6) is 11.8 Å². The van der Waals surface area contributed by atoms with E-state index in [1.807, 2.05) is 12.1 Å². The van der Waals surface area contributed by atoms with Crippen molar-refractivity contribution >= 4 is 50.9 Å². The molecular formula is C54H60F3N9O5. The molecule has 4 aromatic carbocycles. The molecule has 5 saturated heterocycles. The van der Waals surface area contributed by atoms with Gasteiger partial charge in [-0.15, -0.1) is 0 Å². The van der Waals surface area contributed by atoms with Gasteiger partial charge in [0.05, 0.1) is 12.2 Å². The maximum absolute atomic E-state index is 17.3. The lowest BCUT2D eigenvalue weighted by Gasteiger charge is -2.40. The zero-order valence-electron chi connectivity index (χ0n) is 40.1. The number of aromatic nitrogens is 2. The van der Waals surface area contributed by atoms with E-state index in [2.05, 4.69) is 41.3 Å². The predicted octanol–water partition coefficient (Wildman–Crippen LogP) is 6.53. The number of rotatable bonds is 12. The molecule has 6 aliphatic heterocycles. The number of hydrogen-bond donors (Lipinski definition) is 3. The van der Waals surface area contributed by atoms with Crippen molar-refractivity contribution in [2.45, 2.75) is 89.4 Å². The van der Waals surface area contributed by atoms with Crippen LogP contribution in [0, 0.1) is 28.8 Å². The standard InChI is InChI=1S/C54H60F3N9O5/c1-2-38-42(55)8-3-32-22-37(67)23-40(46(32)38)47-43(56)24-41-49(48(47)57)60-53(61-50(41)65-27-34-4-5-35(28-65)58-34)71-30-54(13-14-54)29-63-15-11-31(12-16-63)25-62-17-19-64(20-18-62)36-6-7-39-33(21-36)26-66(52(39)70)44-9-10-45(68)59-51(44)69/h3,6-8,21-24,31,34-35,44,58,67H,2,4-5,9-20,25-30H2,1H3,(H,59,68,69)/t34?,35?,44-/m0/s1. The van der Waals surface area contributed by atoms with Gasteiger partial charge in [0.1, 0.15) is 34.8 Å². The van der Waals surface area contributed by atoms with Crippen LogP contribution >= 0.6 is 0 Å². The van der Waals surface area contributed by atoms with Crippen molar-refractivity contribution in [3.05, 3.63) is 82.7 Å². The number of phenolic OH excluding ortho intramolecular Hbond substituents is 1. The van der Waals surface area contributed by atoms with Crippen LogP contribution in [0.15, 0.2) is 48.5 Å². The minimum atomic E-state index is -0.907. The number of likely N-dealkylation sites (tertiary alicyclic amines) is 1. The number of benzene rings is 4. The lowest BCUT2D eigenvalue weighted by molar-refractivity contribution is -0.136. The van der Waals surface area contributed by atoms with Crippen LogP contribution in [0.3, 0.4) is 0 Å². The van der Waals surface area contributed by atoms with Gasteiger partial charge in [-0.25, -0.2) is 13.2 Å². The Labute approximate surface area is 410 Å². The lowest BCUT2D eigenvalue weighted by atomic mass is 9.91. The molecule has 7 aliphatic rings. The monoisotopic (exact) mass is 971 g/mol. The number of phenols is 1. The maximum atomic E-state index is 17.3. The van der Waals surface area contributed by atoms with E-state index < -0.39 is 29.4 Å². The summed E-state index contributed by atoms with van der Waals surface area (Å²) in [7, 11) is 0. The fraction of sp³-hybridized carbons (Fsp3) is 0.500. The van der Waals surface area contributed by atoms with Crippen molar-refractivity contribution in [3.8, 4) is 22.9 Å². The molecule has 1 aliphatic carbocycles. The number of ether oxygens (including phenoxy) is 1. The number of carbonyl (C=O) groups is 3. The molecule has 14 nitrogen and oxygen atoms in total. The first-order chi connectivity index (χ1) is 34.4. The number of aromatic hydroxyl groups is 1. The zero-order valence-corrected chi connectivity index (χ0v) is 40.1. The number of carbonyl (C=O) groups excluding carboxylic acids is 3. The van der Waals surface area contributed by atoms with Crippen molar-refractivity contribution in [3.63, 3.8) is 0 Å². The number of anilines is 2. The molecule has 3 amide bonds. The van der Waals surface area contributed by atoms with Gasteiger partial charge in [0.2, 0.25) is 11.8 Å². The van der Waals surface area contributed by atoms with Crippen molar-refractivity contribution in [1.82, 2.24) is 35.3 Å². The van der Waals surface area contributed by atoms with Crippen LogP contribution < -0.4 is 25.2 Å². The molecule has 17 heteroatoms. The molecule has 3 atom stereocenters. The van der Waals surface area contributed by atoms with Crippen LogP contribution in [0.4, 0.5) is 24.7 Å². The van der Waals surface area contributed by atoms with Crippen LogP contribution in [0.1, 0.15) is 79.8 Å². The Morgan fingerprint density at radius 3 is 2.32 bits per heavy atom. The highest BCUT2D eigenvalue weighted by molar-refractivity contribution is 6.06. The number of amides is 3. The van der Waals surface area contributed by atoms with Gasteiger partial charge in [0.25, 0.3) is 5.91 Å². The molecule has 5 aromatic rings. The number of fused-ring (bicyclic) bond motifs is 5. The Morgan fingerprint density at radius 2 is 1.59 bits per heavy atom. The second-order valence-corrected chi connectivity index (χ2v) is 21.3. The number of hydrogen-bond acceptors (Lipinski definition) is 12. The summed E-state index contributed by atoms with van der Waals surface area (Å²) in [4.78, 5) is 58.2. The summed E-state index contributed by atoms with van der Waals surface area (Å²) >= 11 is 0. The number of halogens is 3. The molecule has 2 bridgehead atoms. The molecule has 2 unspecified atom stereocenters. The van der Waals surface area contributed by atoms with Gasteiger partial charge in [-0.2, -0.15) is 9.97 Å². The highest BCUT2D eigenvalue weighted by Crippen LogP contribution is 2.48. The summed E-state index contributed by atoms with van der Waals surface area (Å²) < 4.78 is 55.5. The minimum Gasteiger partial charge on any atom is -0.508 e. The Morgan fingerprint density at radius 1 is 0.817 bits per heavy atom. The average Bonchev–Trinajstić information content (AvgIpc) is 3.94. The smallest absolute Gasteiger partial charge is 0.319 e. The van der Waals surface area contributed by atoms with Crippen LogP contribution in [-0.2, 0) is 22.6 Å². The molecule has 0 radical (unpaired) electrons. The molecule has 7 heterocycles. The van der Waals surface area contributed by atoms with E-state index in [0.29, 0.717) is 66.3 Å². The van der Waals surface area contributed by atoms with Crippen molar-refractivity contribution < 1.29 is 37.4 Å². The number of aryl methyl sites for hydroxylation is 1. The number of piperidine rings is 2. The summed E-state index contributed by atoms with van der Waals surface area (Å²) in [5.41, 5.74) is 2.49. The largest absolute Gasteiger partial charge is 0.508 e. The van der Waals surface area contributed by atoms with E-state index in [1.54, 1.807) is 11.8 Å². The highest BCUT2D eigenvalue weighted by Gasteiger charge is 2.46. The Balaban J connectivity index is 0.691. The lowest BCUT2D eigenvalue weighted by Crippen LogP contribution is -2.52. The Bertz CT molecular complexity index is 2960. The van der Waals surface area contributed by atoms with E-state index >= 15 is 13.2 Å². The number of piperazine rings is 2. The highest BCUT2D eigenvalue weighted by atomic mass is 19.1. The fourth-order valence-electron chi connectivity index (χ4n) is 12.6. The van der Waals surface area contributed by atoms with Gasteiger partial charge in [-0.05, 0) is 140 Å². The van der Waals surface area contributed by atoms with Gasteiger partial charge < -0.3 is 34.8 Å². The van der Waals surface area contributed by atoms with Gasteiger partial charge in [0.15, 0.2) is 5.82 Å². The zero-order chi connectivity index (χ0) is 48.7. The van der Waals surface area contributed by atoms with Gasteiger partial charge >= 0.3 is 6.01 Å². The summed E-state index contributed by atoms with van der Waals surface area (Å²) in [6.45, 7) is 11.5. The molecule has 3 N–H and O–H groups in total. The van der Waals surface area contributed by atoms with E-state index in [0.717, 1.165) is 102 Å². The van der Waals surface area contributed by atoms with Crippen molar-refractivity contribution in [2.75, 3.05) is 81.9 Å². The first kappa shape index (κ1) is 46.1. The Hall–Kier alpha value is -6.04. The fourth-order valence-corrected chi connectivity index (χ4v) is 12.6. The molecule has 1 aromatic heterocycles. The topological polar surface area (TPSA) is 147 Å². The van der Waals surface area contributed by atoms with E-state index in [1.165, 1.54) is 30.3 Å². The third kappa shape index (κ3) is 8.70. The van der Waals surface area contributed by atoms with E-state index in [4.69, 9.17) is 9.72 Å². The molecule has 6 fully saturated rings. The van der Waals surface area contributed by atoms with Crippen LogP contribution in [0.2, 0.25) is 0 Å². The van der Waals surface area contributed by atoms with Gasteiger partial charge in [-0.1, -0.05) is 13.0 Å². The first-order valence-corrected chi connectivity index (χ1v) is 25.6. The molecule has 1 saturated carbocycles. The number of imide groups is 1. The summed E-state index contributed by atoms with van der Waals surface area (Å²) in [5, 5.41) is 17.8. The van der Waals surface area contributed by atoms with Gasteiger partial charge in [0, 0.05) is 99.5 Å². The second kappa shape index (κ2) is 18.2. The average molecular weight is 972 g/mol. The van der Waals surface area contributed by atoms with Crippen LogP contribution in [-0.4, -0.2) is 138 Å². The molecular weight excluding hydrogens is 912 g/mol. The van der Waals surface area contributed by atoms with Crippen LogP contribution in [0.25, 0.3) is 32.8 Å². The van der Waals surface area contributed by atoms with E-state index in [9.17, 15) is 19.5 Å². The van der Waals surface area contributed by atoms with Crippen molar-refractivity contribution in [1.29, 1.82) is 0 Å². The Kier molecular flexibility index (Phi) is 11.8. The van der Waals surface area contributed by atoms with E-state index in [-0.39, 0.29) is 75.9 Å². The molecule has 372 valence electrons. The molecule has 71 heavy (non-hydrogen) atoms. The maximum Gasteiger partial charge on any atom is 0.319 e. The number of nitrogens with zero attached hydrogens (tertiary/aromatic N) is 7. The normalized spacial score (nSPS) is 23.8. The third-order valence-corrected chi connectivity index (χ3v) is 16.6. The SMILES string of the molecule is CCc1c(F)ccc2cc(O)cc(-c3c(F)cc4c(N5CC6CCC(C5)N6)nc(OCC5(CN6CCC(CN7CCN(c8ccc9c(c8)CN([C@H]8CCC(=O)NC8=O)C9=O)CC7)CC6)CC5)nc4c3F)c12. The third-order valence-electron chi connectivity index (χ3n) is 16.6. The predicted molar refractivity (Wildman–Crippen MR) is 263 cm³/mol. The quantitative estimate of drug-likeness (QED) is 0.117. The molecule has 0 spiro atoms. The van der Waals surface area contributed by atoms with Gasteiger partial charge in [-0.3, -0.25) is 24.6 Å². The summed E-state index contributed by atoms with van der Waals surface area (Å²) in [6.07, 6.45) is 7.13.